The number of aromatic nitrogens is 4. The van der Waals surface area contributed by atoms with Crippen LogP contribution >= 0.6 is 0 Å². The largest absolute Gasteiger partial charge is 0.497 e. The molecule has 18 heavy (non-hydrogen) atoms. The van der Waals surface area contributed by atoms with Gasteiger partial charge in [0.15, 0.2) is 5.82 Å². The van der Waals surface area contributed by atoms with Crippen molar-refractivity contribution in [3.05, 3.63) is 24.0 Å². The first-order valence-corrected chi connectivity index (χ1v) is 5.66. The van der Waals surface area contributed by atoms with E-state index in [1.165, 1.54) is 0 Å². The molecule has 6 nitrogen and oxygen atoms in total. The molecule has 2 rings (SSSR count). The van der Waals surface area contributed by atoms with Crippen LogP contribution in [0.5, 0.6) is 5.75 Å². The number of anilines is 1. The third-order valence-corrected chi connectivity index (χ3v) is 2.60. The molecule has 0 saturated heterocycles. The molecule has 96 valence electrons. The average Bonchev–Trinajstić information content (AvgIpc) is 2.77. The molecule has 1 heterocycles. The summed E-state index contributed by atoms with van der Waals surface area (Å²) in [7, 11) is 1.60. The number of rotatable bonds is 2. The highest BCUT2D eigenvalue weighted by molar-refractivity contribution is 5.60. The zero-order valence-electron chi connectivity index (χ0n) is 11.0. The van der Waals surface area contributed by atoms with Gasteiger partial charge < -0.3 is 10.5 Å². The van der Waals surface area contributed by atoms with Gasteiger partial charge in [-0.15, -0.1) is 5.10 Å². The Balaban J connectivity index is 2.53. The molecule has 1 aromatic carbocycles. The van der Waals surface area contributed by atoms with Crippen molar-refractivity contribution in [1.29, 1.82) is 0 Å². The Morgan fingerprint density at radius 3 is 2.56 bits per heavy atom. The number of hydrogen-bond acceptors (Lipinski definition) is 5. The molecule has 0 bridgehead atoms. The van der Waals surface area contributed by atoms with E-state index in [4.69, 9.17) is 10.5 Å². The summed E-state index contributed by atoms with van der Waals surface area (Å²) < 4.78 is 6.79. The molecule has 0 atom stereocenters. The Morgan fingerprint density at radius 2 is 2.00 bits per heavy atom. The minimum Gasteiger partial charge on any atom is -0.497 e. The molecule has 0 amide bonds. The summed E-state index contributed by atoms with van der Waals surface area (Å²) in [6, 6.07) is 5.43. The van der Waals surface area contributed by atoms with E-state index in [0.29, 0.717) is 11.4 Å². The first kappa shape index (κ1) is 12.3. The van der Waals surface area contributed by atoms with Crippen LogP contribution in [-0.4, -0.2) is 27.3 Å². The third-order valence-electron chi connectivity index (χ3n) is 2.60. The topological polar surface area (TPSA) is 78.8 Å². The second-order valence-corrected chi connectivity index (χ2v) is 5.09. The zero-order valence-corrected chi connectivity index (χ0v) is 11.0. The Morgan fingerprint density at radius 1 is 1.28 bits per heavy atom. The van der Waals surface area contributed by atoms with Crippen LogP contribution in [0.15, 0.2) is 18.2 Å². The minimum absolute atomic E-state index is 0.157. The molecule has 0 spiro atoms. The molecule has 0 aliphatic carbocycles. The maximum absolute atomic E-state index is 6.00. The number of nitrogens with zero attached hydrogens (tertiary/aromatic N) is 4. The van der Waals surface area contributed by atoms with Gasteiger partial charge in [-0.1, -0.05) is 20.8 Å². The SMILES string of the molecule is COc1ccc(-n2nnnc2C(C)(C)C)c(N)c1. The third kappa shape index (κ3) is 2.13. The van der Waals surface area contributed by atoms with Crippen molar-refractivity contribution in [3.63, 3.8) is 0 Å². The quantitative estimate of drug-likeness (QED) is 0.814. The molecule has 0 aliphatic rings. The normalized spacial score (nSPS) is 11.6. The van der Waals surface area contributed by atoms with Gasteiger partial charge in [0, 0.05) is 11.5 Å². The van der Waals surface area contributed by atoms with Crippen molar-refractivity contribution in [2.45, 2.75) is 26.2 Å². The lowest BCUT2D eigenvalue weighted by Crippen LogP contribution is -2.19. The van der Waals surface area contributed by atoms with Crippen LogP contribution in [-0.2, 0) is 5.41 Å². The highest BCUT2D eigenvalue weighted by Crippen LogP contribution is 2.26. The highest BCUT2D eigenvalue weighted by atomic mass is 16.5. The van der Waals surface area contributed by atoms with Crippen molar-refractivity contribution in [1.82, 2.24) is 20.2 Å². The van der Waals surface area contributed by atoms with E-state index in [1.54, 1.807) is 17.9 Å². The molecule has 0 aliphatic heterocycles. The van der Waals surface area contributed by atoms with Crippen molar-refractivity contribution in [3.8, 4) is 11.4 Å². The number of ether oxygens (including phenoxy) is 1. The van der Waals surface area contributed by atoms with Gasteiger partial charge >= 0.3 is 0 Å². The Bertz CT molecular complexity index is 556. The molecule has 0 fully saturated rings. The van der Waals surface area contributed by atoms with Gasteiger partial charge in [0.2, 0.25) is 0 Å². The van der Waals surface area contributed by atoms with Crippen LogP contribution in [0.3, 0.4) is 0 Å². The molecular weight excluding hydrogens is 230 g/mol. The van der Waals surface area contributed by atoms with Crippen LogP contribution in [0.25, 0.3) is 5.69 Å². The first-order chi connectivity index (χ1) is 8.43. The van der Waals surface area contributed by atoms with Crippen LogP contribution in [0.1, 0.15) is 26.6 Å². The predicted molar refractivity (Wildman–Crippen MR) is 68.8 cm³/mol. The lowest BCUT2D eigenvalue weighted by molar-refractivity contribution is 0.415. The highest BCUT2D eigenvalue weighted by Gasteiger charge is 2.23. The van der Waals surface area contributed by atoms with Crippen LogP contribution in [0.4, 0.5) is 5.69 Å². The van der Waals surface area contributed by atoms with E-state index >= 15 is 0 Å². The van der Waals surface area contributed by atoms with E-state index in [9.17, 15) is 0 Å². The number of benzene rings is 1. The zero-order chi connectivity index (χ0) is 13.3. The number of methoxy groups -OCH3 is 1. The van der Waals surface area contributed by atoms with Crippen molar-refractivity contribution < 1.29 is 4.74 Å². The summed E-state index contributed by atoms with van der Waals surface area (Å²) in [4.78, 5) is 0. The van der Waals surface area contributed by atoms with Gasteiger partial charge in [-0.05, 0) is 22.6 Å². The van der Waals surface area contributed by atoms with Gasteiger partial charge in [0.05, 0.1) is 18.5 Å². The smallest absolute Gasteiger partial charge is 0.162 e. The number of hydrogen-bond donors (Lipinski definition) is 1. The second kappa shape index (κ2) is 4.29. The molecule has 0 radical (unpaired) electrons. The van der Waals surface area contributed by atoms with Gasteiger partial charge in [-0.3, -0.25) is 0 Å². The van der Waals surface area contributed by atoms with E-state index < -0.39 is 0 Å². The molecule has 0 unspecified atom stereocenters. The maximum Gasteiger partial charge on any atom is 0.162 e. The Kier molecular flexibility index (Phi) is 2.94. The molecule has 1 aromatic heterocycles. The second-order valence-electron chi connectivity index (χ2n) is 5.09. The Hall–Kier alpha value is -2.11. The van der Waals surface area contributed by atoms with Crippen molar-refractivity contribution in [2.24, 2.45) is 0 Å². The molecule has 0 saturated carbocycles. The van der Waals surface area contributed by atoms with Crippen molar-refractivity contribution >= 4 is 5.69 Å². The lowest BCUT2D eigenvalue weighted by atomic mass is 9.95. The van der Waals surface area contributed by atoms with Gasteiger partial charge in [0.1, 0.15) is 5.75 Å². The number of tetrazole rings is 1. The van der Waals surface area contributed by atoms with Gasteiger partial charge in [-0.2, -0.15) is 4.68 Å². The molecule has 2 aromatic rings. The number of nitrogen functional groups attached to an aromatic ring is 1. The summed E-state index contributed by atoms with van der Waals surface area (Å²) in [5, 5.41) is 11.8. The number of nitrogens with two attached hydrogens (primary N) is 1. The van der Waals surface area contributed by atoms with E-state index in [2.05, 4.69) is 36.3 Å². The fraction of sp³-hybridized carbons (Fsp3) is 0.417. The molecule has 6 heteroatoms. The monoisotopic (exact) mass is 247 g/mol. The standard InChI is InChI=1S/C12H17N5O/c1-12(2,3)11-14-15-16-17(11)10-6-5-8(18-4)7-9(10)13/h5-7H,13H2,1-4H3. The summed E-state index contributed by atoms with van der Waals surface area (Å²) in [6.07, 6.45) is 0. The first-order valence-electron chi connectivity index (χ1n) is 5.66. The fourth-order valence-electron chi connectivity index (χ4n) is 1.67. The summed E-state index contributed by atoms with van der Waals surface area (Å²) in [5.74, 6) is 1.47. The van der Waals surface area contributed by atoms with E-state index in [-0.39, 0.29) is 5.41 Å². The molecular formula is C12H17N5O. The molecule has 2 N–H and O–H groups in total. The van der Waals surface area contributed by atoms with E-state index in [1.807, 2.05) is 12.1 Å². The Labute approximate surface area is 106 Å². The lowest BCUT2D eigenvalue weighted by Gasteiger charge is -2.18. The maximum atomic E-state index is 6.00. The summed E-state index contributed by atoms with van der Waals surface area (Å²) >= 11 is 0. The van der Waals surface area contributed by atoms with Crippen LogP contribution in [0, 0.1) is 0 Å². The van der Waals surface area contributed by atoms with Gasteiger partial charge in [0.25, 0.3) is 0 Å². The van der Waals surface area contributed by atoms with Crippen LogP contribution in [0.2, 0.25) is 0 Å². The fourth-order valence-corrected chi connectivity index (χ4v) is 1.67. The van der Waals surface area contributed by atoms with Crippen molar-refractivity contribution in [2.75, 3.05) is 12.8 Å². The van der Waals surface area contributed by atoms with Crippen LogP contribution < -0.4 is 10.5 Å². The summed E-state index contributed by atoms with van der Waals surface area (Å²) in [6.45, 7) is 6.15. The minimum atomic E-state index is -0.157. The summed E-state index contributed by atoms with van der Waals surface area (Å²) in [5.41, 5.74) is 7.18. The van der Waals surface area contributed by atoms with E-state index in [0.717, 1.165) is 11.5 Å². The predicted octanol–water partition coefficient (Wildman–Crippen LogP) is 1.55. The van der Waals surface area contributed by atoms with Gasteiger partial charge in [-0.25, -0.2) is 0 Å². The average molecular weight is 247 g/mol.